The summed E-state index contributed by atoms with van der Waals surface area (Å²) >= 11 is 0. The van der Waals surface area contributed by atoms with E-state index in [4.69, 9.17) is 9.47 Å². The van der Waals surface area contributed by atoms with Gasteiger partial charge in [-0.15, -0.1) is 0 Å². The second-order valence-corrected chi connectivity index (χ2v) is 4.95. The van der Waals surface area contributed by atoms with Crippen molar-refractivity contribution in [1.29, 1.82) is 0 Å². The number of hydrogen-bond donors (Lipinski definition) is 0. The van der Waals surface area contributed by atoms with Crippen LogP contribution in [0.5, 0.6) is 0 Å². The molecular weight excluding hydrogens is 176 g/mol. The van der Waals surface area contributed by atoms with Gasteiger partial charge >= 0.3 is 0 Å². The first kappa shape index (κ1) is 10.2. The second kappa shape index (κ2) is 3.67. The summed E-state index contributed by atoms with van der Waals surface area (Å²) in [5.74, 6) is 0.686. The molecule has 0 saturated carbocycles. The van der Waals surface area contributed by atoms with Gasteiger partial charge in [-0.1, -0.05) is 25.5 Å². The topological polar surface area (TPSA) is 18.5 Å². The SMILES string of the molecule is CC1=CCC(CC2OCCO2)C1(C)C. The molecule has 0 spiro atoms. The highest BCUT2D eigenvalue weighted by molar-refractivity contribution is 5.18. The van der Waals surface area contributed by atoms with Crippen molar-refractivity contribution in [2.24, 2.45) is 11.3 Å². The van der Waals surface area contributed by atoms with E-state index in [1.54, 1.807) is 0 Å². The van der Waals surface area contributed by atoms with Crippen molar-refractivity contribution in [1.82, 2.24) is 0 Å². The molecular formula is C12H20O2. The highest BCUT2D eigenvalue weighted by atomic mass is 16.7. The van der Waals surface area contributed by atoms with Gasteiger partial charge in [-0.05, 0) is 24.7 Å². The monoisotopic (exact) mass is 196 g/mol. The summed E-state index contributed by atoms with van der Waals surface area (Å²) < 4.78 is 11.0. The van der Waals surface area contributed by atoms with Crippen LogP contribution in [0.1, 0.15) is 33.6 Å². The molecule has 2 aliphatic rings. The molecule has 1 heterocycles. The van der Waals surface area contributed by atoms with Crippen LogP contribution >= 0.6 is 0 Å². The van der Waals surface area contributed by atoms with Gasteiger partial charge in [-0.25, -0.2) is 0 Å². The van der Waals surface area contributed by atoms with E-state index in [1.807, 2.05) is 0 Å². The van der Waals surface area contributed by atoms with Gasteiger partial charge in [0.2, 0.25) is 0 Å². The summed E-state index contributed by atoms with van der Waals surface area (Å²) in [6.07, 6.45) is 4.64. The molecule has 2 rings (SSSR count). The zero-order valence-corrected chi connectivity index (χ0v) is 9.38. The van der Waals surface area contributed by atoms with E-state index in [0.29, 0.717) is 11.3 Å². The van der Waals surface area contributed by atoms with E-state index in [0.717, 1.165) is 19.6 Å². The third kappa shape index (κ3) is 1.73. The molecule has 0 bridgehead atoms. The molecule has 1 fully saturated rings. The number of ether oxygens (including phenoxy) is 2. The van der Waals surface area contributed by atoms with Crippen LogP contribution in [-0.4, -0.2) is 19.5 Å². The summed E-state index contributed by atoms with van der Waals surface area (Å²) in [4.78, 5) is 0. The molecule has 80 valence electrons. The molecule has 2 heteroatoms. The first-order chi connectivity index (χ1) is 6.60. The van der Waals surface area contributed by atoms with Crippen molar-refractivity contribution in [2.75, 3.05) is 13.2 Å². The van der Waals surface area contributed by atoms with Crippen molar-refractivity contribution in [2.45, 2.75) is 39.9 Å². The minimum absolute atomic E-state index is 0.0542. The molecule has 0 aromatic heterocycles. The fraction of sp³-hybridized carbons (Fsp3) is 0.833. The maximum absolute atomic E-state index is 5.50. The van der Waals surface area contributed by atoms with E-state index in [2.05, 4.69) is 26.8 Å². The molecule has 0 aromatic rings. The second-order valence-electron chi connectivity index (χ2n) is 4.95. The van der Waals surface area contributed by atoms with Gasteiger partial charge in [0, 0.05) is 6.42 Å². The first-order valence-corrected chi connectivity index (χ1v) is 5.51. The van der Waals surface area contributed by atoms with E-state index in [9.17, 15) is 0 Å². The van der Waals surface area contributed by atoms with Crippen LogP contribution < -0.4 is 0 Å². The van der Waals surface area contributed by atoms with Crippen LogP contribution in [-0.2, 0) is 9.47 Å². The van der Waals surface area contributed by atoms with Gasteiger partial charge in [0.15, 0.2) is 6.29 Å². The van der Waals surface area contributed by atoms with Crippen LogP contribution in [0, 0.1) is 11.3 Å². The molecule has 1 saturated heterocycles. The van der Waals surface area contributed by atoms with E-state index in [-0.39, 0.29) is 6.29 Å². The quantitative estimate of drug-likeness (QED) is 0.632. The molecule has 1 aliphatic heterocycles. The minimum Gasteiger partial charge on any atom is -0.350 e. The maximum Gasteiger partial charge on any atom is 0.158 e. The predicted molar refractivity (Wildman–Crippen MR) is 56.0 cm³/mol. The van der Waals surface area contributed by atoms with Crippen molar-refractivity contribution >= 4 is 0 Å². The summed E-state index contributed by atoms with van der Waals surface area (Å²) in [5, 5.41) is 0. The molecule has 1 unspecified atom stereocenters. The van der Waals surface area contributed by atoms with Gasteiger partial charge in [0.25, 0.3) is 0 Å². The molecule has 0 amide bonds. The third-order valence-corrected chi connectivity index (χ3v) is 3.91. The van der Waals surface area contributed by atoms with Gasteiger partial charge in [0.1, 0.15) is 0 Å². The molecule has 2 nitrogen and oxygen atoms in total. The van der Waals surface area contributed by atoms with Crippen LogP contribution in [0.25, 0.3) is 0 Å². The van der Waals surface area contributed by atoms with Crippen LogP contribution in [0.4, 0.5) is 0 Å². The standard InChI is InChI=1S/C12H20O2/c1-9-4-5-10(12(9,2)3)8-11-13-6-7-14-11/h4,10-11H,5-8H2,1-3H3. The van der Waals surface area contributed by atoms with Crippen molar-refractivity contribution < 1.29 is 9.47 Å². The molecule has 1 aliphatic carbocycles. The summed E-state index contributed by atoms with van der Waals surface area (Å²) in [6.45, 7) is 8.42. The Kier molecular flexibility index (Phi) is 2.67. The van der Waals surface area contributed by atoms with Gasteiger partial charge < -0.3 is 9.47 Å². The van der Waals surface area contributed by atoms with Crippen LogP contribution in [0.3, 0.4) is 0 Å². The van der Waals surface area contributed by atoms with E-state index < -0.39 is 0 Å². The Bertz CT molecular complexity index is 237. The Labute approximate surface area is 86.3 Å². The Morgan fingerprint density at radius 3 is 2.50 bits per heavy atom. The van der Waals surface area contributed by atoms with E-state index in [1.165, 1.54) is 12.0 Å². The summed E-state index contributed by atoms with van der Waals surface area (Å²) in [6, 6.07) is 0. The molecule has 1 atom stereocenters. The Hall–Kier alpha value is -0.340. The number of rotatable bonds is 2. The zero-order chi connectivity index (χ0) is 10.2. The van der Waals surface area contributed by atoms with Gasteiger partial charge in [-0.2, -0.15) is 0 Å². The lowest BCUT2D eigenvalue weighted by Gasteiger charge is -2.30. The highest BCUT2D eigenvalue weighted by Gasteiger charge is 2.37. The zero-order valence-electron chi connectivity index (χ0n) is 9.38. The third-order valence-electron chi connectivity index (χ3n) is 3.91. The summed E-state index contributed by atoms with van der Waals surface area (Å²) in [7, 11) is 0. The lowest BCUT2D eigenvalue weighted by Crippen LogP contribution is -2.25. The minimum atomic E-state index is 0.0542. The molecule has 14 heavy (non-hydrogen) atoms. The smallest absolute Gasteiger partial charge is 0.158 e. The molecule has 0 radical (unpaired) electrons. The maximum atomic E-state index is 5.50. The molecule has 0 N–H and O–H groups in total. The summed E-state index contributed by atoms with van der Waals surface area (Å²) in [5.41, 5.74) is 1.84. The van der Waals surface area contributed by atoms with Crippen molar-refractivity contribution in [3.63, 3.8) is 0 Å². The Morgan fingerprint density at radius 2 is 2.00 bits per heavy atom. The first-order valence-electron chi connectivity index (χ1n) is 5.51. The fourth-order valence-electron chi connectivity index (χ4n) is 2.37. The lowest BCUT2D eigenvalue weighted by atomic mass is 9.76. The van der Waals surface area contributed by atoms with Crippen molar-refractivity contribution in [3.05, 3.63) is 11.6 Å². The Morgan fingerprint density at radius 1 is 1.36 bits per heavy atom. The van der Waals surface area contributed by atoms with Crippen molar-refractivity contribution in [3.8, 4) is 0 Å². The highest BCUT2D eigenvalue weighted by Crippen LogP contribution is 2.45. The number of hydrogen-bond acceptors (Lipinski definition) is 2. The fourth-order valence-corrected chi connectivity index (χ4v) is 2.37. The largest absolute Gasteiger partial charge is 0.350 e. The van der Waals surface area contributed by atoms with Gasteiger partial charge in [0.05, 0.1) is 13.2 Å². The Balaban J connectivity index is 1.93. The lowest BCUT2D eigenvalue weighted by molar-refractivity contribution is -0.0637. The number of allylic oxidation sites excluding steroid dienone is 2. The molecule has 0 aromatic carbocycles. The van der Waals surface area contributed by atoms with Crippen LogP contribution in [0.15, 0.2) is 11.6 Å². The predicted octanol–water partition coefficient (Wildman–Crippen LogP) is 2.74. The van der Waals surface area contributed by atoms with Gasteiger partial charge in [-0.3, -0.25) is 0 Å². The van der Waals surface area contributed by atoms with E-state index >= 15 is 0 Å². The van der Waals surface area contributed by atoms with Crippen LogP contribution in [0.2, 0.25) is 0 Å². The average molecular weight is 196 g/mol. The average Bonchev–Trinajstić information content (AvgIpc) is 2.70. The normalized spacial score (nSPS) is 32.2.